The van der Waals surface area contributed by atoms with Crippen molar-refractivity contribution in [2.75, 3.05) is 12.3 Å². The Kier molecular flexibility index (Phi) is 3.55. The molecule has 1 rings (SSSR count). The van der Waals surface area contributed by atoms with Crippen molar-refractivity contribution < 1.29 is 14.6 Å². The second-order valence-electron chi connectivity index (χ2n) is 3.73. The lowest BCUT2D eigenvalue weighted by atomic mass is 10.1. The molecule has 0 aliphatic rings. The predicted octanol–water partition coefficient (Wildman–Crippen LogP) is 2.00. The average molecular weight is 209 g/mol. The number of hydrogen-bond donors (Lipinski definition) is 2. The second kappa shape index (κ2) is 4.68. The Bertz CT molecular complexity index is 361. The molecule has 4 heteroatoms. The minimum atomic E-state index is -1.06. The third kappa shape index (κ3) is 2.87. The molecule has 0 amide bonds. The molecule has 0 heterocycles. The molecule has 0 aromatic heterocycles. The molecule has 82 valence electrons. The van der Waals surface area contributed by atoms with Gasteiger partial charge < -0.3 is 15.6 Å². The number of ether oxygens (including phenoxy) is 1. The van der Waals surface area contributed by atoms with E-state index >= 15 is 0 Å². The van der Waals surface area contributed by atoms with E-state index in [1.54, 1.807) is 18.2 Å². The smallest absolute Gasteiger partial charge is 0.341 e. The minimum absolute atomic E-state index is 0.0400. The summed E-state index contributed by atoms with van der Waals surface area (Å²) >= 11 is 0. The Morgan fingerprint density at radius 2 is 2.20 bits per heavy atom. The van der Waals surface area contributed by atoms with Crippen LogP contribution in [0.15, 0.2) is 18.2 Å². The number of anilines is 1. The van der Waals surface area contributed by atoms with Gasteiger partial charge in [0, 0.05) is 5.69 Å². The van der Waals surface area contributed by atoms with E-state index in [1.807, 2.05) is 13.8 Å². The Hall–Kier alpha value is -1.71. The van der Waals surface area contributed by atoms with Crippen molar-refractivity contribution in [1.29, 1.82) is 0 Å². The van der Waals surface area contributed by atoms with Crippen molar-refractivity contribution in [1.82, 2.24) is 0 Å². The summed E-state index contributed by atoms with van der Waals surface area (Å²) in [6.07, 6.45) is 0. The fourth-order valence-corrected chi connectivity index (χ4v) is 1.15. The molecule has 0 fully saturated rings. The number of hydrogen-bond acceptors (Lipinski definition) is 3. The molecule has 1 aromatic rings. The van der Waals surface area contributed by atoms with E-state index in [0.717, 1.165) is 0 Å². The number of nitrogen functional groups attached to an aromatic ring is 1. The van der Waals surface area contributed by atoms with Crippen LogP contribution in [0.25, 0.3) is 0 Å². The first kappa shape index (κ1) is 11.4. The van der Waals surface area contributed by atoms with Crippen LogP contribution in [-0.4, -0.2) is 17.7 Å². The van der Waals surface area contributed by atoms with Gasteiger partial charge in [-0.25, -0.2) is 4.79 Å². The maximum absolute atomic E-state index is 10.9. The molecule has 1 aromatic carbocycles. The van der Waals surface area contributed by atoms with Crippen LogP contribution in [-0.2, 0) is 0 Å². The van der Waals surface area contributed by atoms with Gasteiger partial charge in [-0.3, -0.25) is 0 Å². The van der Waals surface area contributed by atoms with E-state index in [1.165, 1.54) is 0 Å². The van der Waals surface area contributed by atoms with E-state index in [2.05, 4.69) is 0 Å². The van der Waals surface area contributed by atoms with Crippen LogP contribution in [0.5, 0.6) is 5.75 Å². The summed E-state index contributed by atoms with van der Waals surface area (Å²) in [5.41, 5.74) is 5.83. The highest BCUT2D eigenvalue weighted by molar-refractivity contribution is 5.96. The normalized spacial score (nSPS) is 10.3. The fraction of sp³-hybridized carbons (Fsp3) is 0.364. The first-order valence-corrected chi connectivity index (χ1v) is 4.77. The molecule has 0 saturated heterocycles. The molecule has 0 aliphatic heterocycles. The topological polar surface area (TPSA) is 72.5 Å². The zero-order valence-electron chi connectivity index (χ0n) is 8.86. The maximum Gasteiger partial charge on any atom is 0.341 e. The number of benzene rings is 1. The molecule has 0 bridgehead atoms. The summed E-state index contributed by atoms with van der Waals surface area (Å²) in [5.74, 6) is -0.392. The quantitative estimate of drug-likeness (QED) is 0.744. The molecule has 0 atom stereocenters. The summed E-state index contributed by atoms with van der Waals surface area (Å²) in [7, 11) is 0. The third-order valence-electron chi connectivity index (χ3n) is 1.84. The molecule has 0 aliphatic carbocycles. The summed E-state index contributed by atoms with van der Waals surface area (Å²) in [5, 5.41) is 8.95. The highest BCUT2D eigenvalue weighted by Crippen LogP contribution is 2.24. The maximum atomic E-state index is 10.9. The van der Waals surface area contributed by atoms with Crippen LogP contribution in [0.1, 0.15) is 24.2 Å². The van der Waals surface area contributed by atoms with Gasteiger partial charge in [-0.2, -0.15) is 0 Å². The van der Waals surface area contributed by atoms with Crippen LogP contribution in [0.3, 0.4) is 0 Å². The van der Waals surface area contributed by atoms with Crippen LogP contribution in [0.2, 0.25) is 0 Å². The standard InChI is InChI=1S/C11H15NO3/c1-7(2)6-15-9-5-3-4-8(12)10(9)11(13)14/h3-5,7H,6,12H2,1-2H3,(H,13,14). The number of rotatable bonds is 4. The van der Waals surface area contributed by atoms with Gasteiger partial charge in [-0.15, -0.1) is 0 Å². The van der Waals surface area contributed by atoms with Crippen molar-refractivity contribution in [3.05, 3.63) is 23.8 Å². The summed E-state index contributed by atoms with van der Waals surface area (Å²) in [4.78, 5) is 10.9. The van der Waals surface area contributed by atoms with Crippen LogP contribution >= 0.6 is 0 Å². The van der Waals surface area contributed by atoms with E-state index in [-0.39, 0.29) is 11.3 Å². The lowest BCUT2D eigenvalue weighted by Gasteiger charge is -2.12. The van der Waals surface area contributed by atoms with Gasteiger partial charge in [0.05, 0.1) is 6.61 Å². The molecular weight excluding hydrogens is 194 g/mol. The number of aromatic carboxylic acids is 1. The van der Waals surface area contributed by atoms with E-state index in [9.17, 15) is 4.79 Å². The number of nitrogens with two attached hydrogens (primary N) is 1. The minimum Gasteiger partial charge on any atom is -0.492 e. The largest absolute Gasteiger partial charge is 0.492 e. The molecule has 0 saturated carbocycles. The molecule has 4 nitrogen and oxygen atoms in total. The zero-order valence-corrected chi connectivity index (χ0v) is 8.86. The molecular formula is C11H15NO3. The van der Waals surface area contributed by atoms with Gasteiger partial charge in [0.25, 0.3) is 0 Å². The summed E-state index contributed by atoms with van der Waals surface area (Å²) in [6, 6.07) is 4.84. The van der Waals surface area contributed by atoms with Crippen LogP contribution in [0, 0.1) is 5.92 Å². The van der Waals surface area contributed by atoms with Crippen molar-refractivity contribution in [2.45, 2.75) is 13.8 Å². The average Bonchev–Trinajstić information content (AvgIpc) is 2.13. The fourth-order valence-electron chi connectivity index (χ4n) is 1.15. The van der Waals surface area contributed by atoms with Gasteiger partial charge in [0.15, 0.2) is 0 Å². The Morgan fingerprint density at radius 3 is 2.73 bits per heavy atom. The monoisotopic (exact) mass is 209 g/mol. The Morgan fingerprint density at radius 1 is 1.53 bits per heavy atom. The van der Waals surface area contributed by atoms with Crippen LogP contribution in [0.4, 0.5) is 5.69 Å². The first-order chi connectivity index (χ1) is 7.02. The highest BCUT2D eigenvalue weighted by Gasteiger charge is 2.14. The van der Waals surface area contributed by atoms with Gasteiger partial charge in [-0.05, 0) is 18.1 Å². The third-order valence-corrected chi connectivity index (χ3v) is 1.84. The van der Waals surface area contributed by atoms with Gasteiger partial charge in [0.2, 0.25) is 0 Å². The first-order valence-electron chi connectivity index (χ1n) is 4.77. The summed E-state index contributed by atoms with van der Waals surface area (Å²) < 4.78 is 5.38. The second-order valence-corrected chi connectivity index (χ2v) is 3.73. The number of carbonyl (C=O) groups is 1. The summed E-state index contributed by atoms with van der Waals surface area (Å²) in [6.45, 7) is 4.46. The molecule has 0 spiro atoms. The van der Waals surface area contributed by atoms with E-state index < -0.39 is 5.97 Å². The molecule has 15 heavy (non-hydrogen) atoms. The zero-order chi connectivity index (χ0) is 11.4. The lowest BCUT2D eigenvalue weighted by Crippen LogP contribution is -2.10. The van der Waals surface area contributed by atoms with E-state index in [4.69, 9.17) is 15.6 Å². The Balaban J connectivity index is 2.96. The van der Waals surface area contributed by atoms with Gasteiger partial charge in [-0.1, -0.05) is 19.9 Å². The van der Waals surface area contributed by atoms with Crippen molar-refractivity contribution >= 4 is 11.7 Å². The SMILES string of the molecule is CC(C)COc1cccc(N)c1C(=O)O. The molecule has 0 radical (unpaired) electrons. The number of carboxylic acids is 1. The van der Waals surface area contributed by atoms with Gasteiger partial charge >= 0.3 is 5.97 Å². The van der Waals surface area contributed by atoms with Gasteiger partial charge in [0.1, 0.15) is 11.3 Å². The van der Waals surface area contributed by atoms with Crippen molar-refractivity contribution in [2.24, 2.45) is 5.92 Å². The molecule has 0 unspecified atom stereocenters. The van der Waals surface area contributed by atoms with E-state index in [0.29, 0.717) is 18.3 Å². The Labute approximate surface area is 88.7 Å². The molecule has 3 N–H and O–H groups in total. The number of carboxylic acid groups (broad SMARTS) is 1. The predicted molar refractivity (Wildman–Crippen MR) is 58.1 cm³/mol. The van der Waals surface area contributed by atoms with Crippen molar-refractivity contribution in [3.8, 4) is 5.75 Å². The van der Waals surface area contributed by atoms with Crippen LogP contribution < -0.4 is 10.5 Å². The lowest BCUT2D eigenvalue weighted by molar-refractivity contribution is 0.0693. The van der Waals surface area contributed by atoms with Crippen molar-refractivity contribution in [3.63, 3.8) is 0 Å². The highest BCUT2D eigenvalue weighted by atomic mass is 16.5.